The van der Waals surface area contributed by atoms with Crippen LogP contribution in [0.4, 0.5) is 11.4 Å². The quantitative estimate of drug-likeness (QED) is 0.790. The summed E-state index contributed by atoms with van der Waals surface area (Å²) in [5.41, 5.74) is 9.55. The van der Waals surface area contributed by atoms with Gasteiger partial charge in [-0.25, -0.2) is 0 Å². The zero-order valence-corrected chi connectivity index (χ0v) is 12.0. The fourth-order valence-electron chi connectivity index (χ4n) is 2.80. The predicted octanol–water partition coefficient (Wildman–Crippen LogP) is 2.88. The van der Waals surface area contributed by atoms with Gasteiger partial charge in [-0.15, -0.1) is 0 Å². The molecule has 0 atom stereocenters. The average molecular weight is 282 g/mol. The molecule has 3 rings (SSSR count). The van der Waals surface area contributed by atoms with Gasteiger partial charge in [-0.1, -0.05) is 12.1 Å². The fourth-order valence-corrected chi connectivity index (χ4v) is 2.80. The van der Waals surface area contributed by atoms with Gasteiger partial charge in [0, 0.05) is 17.9 Å². The van der Waals surface area contributed by atoms with E-state index in [4.69, 9.17) is 5.73 Å². The third kappa shape index (κ3) is 2.33. The van der Waals surface area contributed by atoms with Crippen LogP contribution >= 0.6 is 0 Å². The third-order valence-corrected chi connectivity index (χ3v) is 3.94. The first kappa shape index (κ1) is 13.5. The number of aromatic hydroxyl groups is 1. The second kappa shape index (κ2) is 5.13. The Balaban J connectivity index is 2.02. The van der Waals surface area contributed by atoms with Crippen molar-refractivity contribution >= 4 is 17.3 Å². The van der Waals surface area contributed by atoms with Crippen LogP contribution in [0.3, 0.4) is 0 Å². The lowest BCUT2D eigenvalue weighted by atomic mass is 9.99. The number of benzene rings is 2. The summed E-state index contributed by atoms with van der Waals surface area (Å²) >= 11 is 0. The van der Waals surface area contributed by atoms with E-state index in [-0.39, 0.29) is 11.7 Å². The molecule has 1 amide bonds. The molecule has 4 nitrogen and oxygen atoms in total. The van der Waals surface area contributed by atoms with Crippen molar-refractivity contribution in [3.05, 3.63) is 53.1 Å². The number of anilines is 2. The Morgan fingerprint density at radius 3 is 2.90 bits per heavy atom. The molecule has 2 aromatic rings. The van der Waals surface area contributed by atoms with Crippen LogP contribution in [-0.2, 0) is 6.42 Å². The summed E-state index contributed by atoms with van der Waals surface area (Å²) in [7, 11) is 0. The molecular weight excluding hydrogens is 264 g/mol. The molecule has 0 spiro atoms. The first-order valence-corrected chi connectivity index (χ1v) is 7.07. The maximum atomic E-state index is 12.8. The molecule has 4 heteroatoms. The number of nitrogens with zero attached hydrogens (tertiary/aromatic N) is 1. The van der Waals surface area contributed by atoms with Crippen molar-refractivity contribution in [2.24, 2.45) is 0 Å². The molecule has 1 heterocycles. The standard InChI is InChI=1S/C17H18N2O2/c1-11-4-2-6-14(16(11)20)17(21)19-9-3-5-12-10-13(18)7-8-15(12)19/h2,4,6-8,10,20H,3,5,9,18H2,1H3. The molecule has 0 unspecified atom stereocenters. The van der Waals surface area contributed by atoms with Gasteiger partial charge in [0.25, 0.3) is 5.91 Å². The number of nitrogen functional groups attached to an aromatic ring is 1. The Morgan fingerprint density at radius 2 is 2.10 bits per heavy atom. The molecule has 108 valence electrons. The van der Waals surface area contributed by atoms with Gasteiger partial charge in [0.1, 0.15) is 5.75 Å². The van der Waals surface area contributed by atoms with Gasteiger partial charge in [0.15, 0.2) is 0 Å². The van der Waals surface area contributed by atoms with E-state index >= 15 is 0 Å². The van der Waals surface area contributed by atoms with E-state index in [1.165, 1.54) is 0 Å². The first-order valence-electron chi connectivity index (χ1n) is 7.07. The number of amides is 1. The molecule has 2 aromatic carbocycles. The smallest absolute Gasteiger partial charge is 0.262 e. The summed E-state index contributed by atoms with van der Waals surface area (Å²) in [4.78, 5) is 14.5. The minimum Gasteiger partial charge on any atom is -0.507 e. The summed E-state index contributed by atoms with van der Waals surface area (Å²) in [5.74, 6) is -0.105. The lowest BCUT2D eigenvalue weighted by Gasteiger charge is -2.30. The van der Waals surface area contributed by atoms with E-state index in [0.717, 1.165) is 24.1 Å². The molecule has 0 saturated carbocycles. The number of hydrogen-bond acceptors (Lipinski definition) is 3. The number of rotatable bonds is 1. The molecule has 0 fully saturated rings. The van der Waals surface area contributed by atoms with Crippen molar-refractivity contribution < 1.29 is 9.90 Å². The molecule has 1 aliphatic rings. The molecular formula is C17H18N2O2. The third-order valence-electron chi connectivity index (χ3n) is 3.94. The Morgan fingerprint density at radius 1 is 1.29 bits per heavy atom. The van der Waals surface area contributed by atoms with Gasteiger partial charge in [0.2, 0.25) is 0 Å². The van der Waals surface area contributed by atoms with Gasteiger partial charge >= 0.3 is 0 Å². The Bertz CT molecular complexity index is 710. The van der Waals surface area contributed by atoms with Gasteiger partial charge in [-0.05, 0) is 55.2 Å². The summed E-state index contributed by atoms with van der Waals surface area (Å²) in [6.07, 6.45) is 1.82. The highest BCUT2D eigenvalue weighted by atomic mass is 16.3. The lowest BCUT2D eigenvalue weighted by molar-refractivity contribution is 0.0982. The zero-order valence-electron chi connectivity index (χ0n) is 12.0. The summed E-state index contributed by atoms with van der Waals surface area (Å²) in [6.45, 7) is 2.44. The maximum Gasteiger partial charge on any atom is 0.262 e. The molecule has 3 N–H and O–H groups in total. The molecule has 0 saturated heterocycles. The number of aryl methyl sites for hydroxylation is 2. The van der Waals surface area contributed by atoms with Gasteiger partial charge < -0.3 is 15.7 Å². The lowest BCUT2D eigenvalue weighted by Crippen LogP contribution is -2.35. The van der Waals surface area contributed by atoms with Crippen LogP contribution in [0.1, 0.15) is 27.9 Å². The van der Waals surface area contributed by atoms with Gasteiger partial charge in [-0.3, -0.25) is 4.79 Å². The Labute approximate surface area is 123 Å². The van der Waals surface area contributed by atoms with Crippen molar-refractivity contribution in [1.82, 2.24) is 0 Å². The topological polar surface area (TPSA) is 66.6 Å². The largest absolute Gasteiger partial charge is 0.507 e. The maximum absolute atomic E-state index is 12.8. The first-order chi connectivity index (χ1) is 10.1. The van der Waals surface area contributed by atoms with Crippen LogP contribution in [-0.4, -0.2) is 17.6 Å². The molecule has 0 aromatic heterocycles. The minimum atomic E-state index is -0.165. The van der Waals surface area contributed by atoms with Gasteiger partial charge in [0.05, 0.1) is 5.56 Å². The number of nitrogens with two attached hydrogens (primary N) is 1. The number of carbonyl (C=O) groups is 1. The number of fused-ring (bicyclic) bond motifs is 1. The Hall–Kier alpha value is -2.49. The molecule has 21 heavy (non-hydrogen) atoms. The highest BCUT2D eigenvalue weighted by molar-refractivity contribution is 6.08. The van der Waals surface area contributed by atoms with Crippen LogP contribution in [0, 0.1) is 6.92 Å². The zero-order chi connectivity index (χ0) is 15.0. The second-order valence-corrected chi connectivity index (χ2v) is 5.42. The molecule has 1 aliphatic heterocycles. The van der Waals surface area contributed by atoms with Gasteiger partial charge in [-0.2, -0.15) is 0 Å². The Kier molecular flexibility index (Phi) is 3.29. The van der Waals surface area contributed by atoms with Crippen LogP contribution in [0.2, 0.25) is 0 Å². The van der Waals surface area contributed by atoms with Crippen molar-refractivity contribution in [3.63, 3.8) is 0 Å². The van der Waals surface area contributed by atoms with Crippen molar-refractivity contribution in [2.45, 2.75) is 19.8 Å². The number of hydrogen-bond donors (Lipinski definition) is 2. The highest BCUT2D eigenvalue weighted by Gasteiger charge is 2.25. The van der Waals surface area contributed by atoms with E-state index in [9.17, 15) is 9.90 Å². The van der Waals surface area contributed by atoms with Crippen LogP contribution in [0.15, 0.2) is 36.4 Å². The fraction of sp³-hybridized carbons (Fsp3) is 0.235. The monoisotopic (exact) mass is 282 g/mol. The molecule has 0 radical (unpaired) electrons. The van der Waals surface area contributed by atoms with E-state index in [1.807, 2.05) is 12.1 Å². The van der Waals surface area contributed by atoms with Crippen LogP contribution in [0.25, 0.3) is 0 Å². The number of para-hydroxylation sites is 1. The average Bonchev–Trinajstić information content (AvgIpc) is 2.48. The van der Waals surface area contributed by atoms with Crippen molar-refractivity contribution in [1.29, 1.82) is 0 Å². The number of carbonyl (C=O) groups excluding carboxylic acids is 1. The van der Waals surface area contributed by atoms with Crippen molar-refractivity contribution in [2.75, 3.05) is 17.2 Å². The predicted molar refractivity (Wildman–Crippen MR) is 83.7 cm³/mol. The number of phenols is 1. The van der Waals surface area contributed by atoms with Crippen LogP contribution in [0.5, 0.6) is 5.75 Å². The number of phenolic OH excluding ortho intramolecular Hbond substituents is 1. The normalized spacial score (nSPS) is 13.9. The highest BCUT2D eigenvalue weighted by Crippen LogP contribution is 2.32. The van der Waals surface area contributed by atoms with E-state index in [2.05, 4.69) is 0 Å². The van der Waals surface area contributed by atoms with Crippen LogP contribution < -0.4 is 10.6 Å². The summed E-state index contributed by atoms with van der Waals surface area (Å²) < 4.78 is 0. The van der Waals surface area contributed by atoms with E-state index in [0.29, 0.717) is 23.4 Å². The summed E-state index contributed by atoms with van der Waals surface area (Å²) in [6, 6.07) is 10.9. The molecule has 0 bridgehead atoms. The second-order valence-electron chi connectivity index (χ2n) is 5.42. The SMILES string of the molecule is Cc1cccc(C(=O)N2CCCc3cc(N)ccc32)c1O. The summed E-state index contributed by atoms with van der Waals surface area (Å²) in [5, 5.41) is 10.1. The van der Waals surface area contributed by atoms with E-state index in [1.54, 1.807) is 36.1 Å². The van der Waals surface area contributed by atoms with E-state index < -0.39 is 0 Å². The minimum absolute atomic E-state index is 0.0602. The molecule has 0 aliphatic carbocycles. The van der Waals surface area contributed by atoms with Crippen molar-refractivity contribution in [3.8, 4) is 5.75 Å².